The highest BCUT2D eigenvalue weighted by Gasteiger charge is 2.19. The van der Waals surface area contributed by atoms with E-state index >= 15 is 0 Å². The lowest BCUT2D eigenvalue weighted by atomic mass is 10.2. The molecule has 0 atom stereocenters. The van der Waals surface area contributed by atoms with Crippen molar-refractivity contribution in [3.05, 3.63) is 24.3 Å². The Morgan fingerprint density at radius 3 is 2.95 bits per heavy atom. The number of hydrogen-bond donors (Lipinski definition) is 1. The van der Waals surface area contributed by atoms with E-state index in [0.29, 0.717) is 0 Å². The molecule has 6 heteroatoms. The molecule has 2 heterocycles. The second-order valence-electron chi connectivity index (χ2n) is 5.02. The Balaban J connectivity index is 1.76. The fourth-order valence-corrected chi connectivity index (χ4v) is 3.54. The molecular weight excluding hydrogens is 274 g/mol. The molecule has 2 aromatic rings. The van der Waals surface area contributed by atoms with Crippen LogP contribution in [-0.2, 0) is 4.79 Å². The van der Waals surface area contributed by atoms with Crippen LogP contribution in [0.5, 0.6) is 0 Å². The fraction of sp³-hybridized carbons (Fsp3) is 0.429. The minimum Gasteiger partial charge on any atom is -0.480 e. The molecule has 1 aromatic heterocycles. The SMILES string of the molecule is O=C(O)CN1CCCN(c2snc3ccccc23)CC1. The van der Waals surface area contributed by atoms with E-state index in [-0.39, 0.29) is 6.54 Å². The van der Waals surface area contributed by atoms with Crippen LogP contribution < -0.4 is 4.90 Å². The van der Waals surface area contributed by atoms with Crippen molar-refractivity contribution in [1.29, 1.82) is 0 Å². The summed E-state index contributed by atoms with van der Waals surface area (Å²) in [5.74, 6) is -0.748. The van der Waals surface area contributed by atoms with Crippen LogP contribution in [0, 0.1) is 0 Å². The van der Waals surface area contributed by atoms with Crippen LogP contribution in [0.1, 0.15) is 6.42 Å². The average Bonchev–Trinajstić information content (AvgIpc) is 2.73. The summed E-state index contributed by atoms with van der Waals surface area (Å²) in [6, 6.07) is 8.18. The van der Waals surface area contributed by atoms with Crippen molar-refractivity contribution < 1.29 is 9.90 Å². The fourth-order valence-electron chi connectivity index (χ4n) is 2.63. The van der Waals surface area contributed by atoms with Gasteiger partial charge in [0.15, 0.2) is 0 Å². The molecule has 20 heavy (non-hydrogen) atoms. The van der Waals surface area contributed by atoms with Crippen molar-refractivity contribution in [2.24, 2.45) is 0 Å². The summed E-state index contributed by atoms with van der Waals surface area (Å²) >= 11 is 1.53. The Hall–Kier alpha value is -1.66. The first-order chi connectivity index (χ1) is 9.74. The highest BCUT2D eigenvalue weighted by atomic mass is 32.1. The first-order valence-electron chi connectivity index (χ1n) is 6.77. The number of nitrogens with zero attached hydrogens (tertiary/aromatic N) is 3. The first-order valence-corrected chi connectivity index (χ1v) is 7.55. The molecule has 0 unspecified atom stereocenters. The molecule has 1 fully saturated rings. The molecule has 1 aromatic carbocycles. The second-order valence-corrected chi connectivity index (χ2v) is 5.77. The molecule has 1 N–H and O–H groups in total. The van der Waals surface area contributed by atoms with E-state index < -0.39 is 5.97 Å². The van der Waals surface area contributed by atoms with Crippen LogP contribution in [-0.4, -0.2) is 53.1 Å². The maximum Gasteiger partial charge on any atom is 0.317 e. The molecule has 0 amide bonds. The Bertz CT molecular complexity index is 613. The van der Waals surface area contributed by atoms with Gasteiger partial charge in [-0.1, -0.05) is 12.1 Å². The van der Waals surface area contributed by atoms with Crippen molar-refractivity contribution in [2.75, 3.05) is 37.6 Å². The number of benzene rings is 1. The number of aliphatic carboxylic acids is 1. The van der Waals surface area contributed by atoms with Crippen molar-refractivity contribution in [2.45, 2.75) is 6.42 Å². The van der Waals surface area contributed by atoms with Crippen LogP contribution >= 0.6 is 11.5 Å². The molecule has 1 saturated heterocycles. The van der Waals surface area contributed by atoms with Gasteiger partial charge in [-0.3, -0.25) is 9.69 Å². The Morgan fingerprint density at radius 2 is 2.10 bits per heavy atom. The molecular formula is C14H17N3O2S. The van der Waals surface area contributed by atoms with E-state index in [4.69, 9.17) is 5.11 Å². The molecule has 5 nitrogen and oxygen atoms in total. The largest absolute Gasteiger partial charge is 0.480 e. The number of fused-ring (bicyclic) bond motifs is 1. The van der Waals surface area contributed by atoms with Gasteiger partial charge in [0, 0.05) is 31.6 Å². The average molecular weight is 291 g/mol. The van der Waals surface area contributed by atoms with Gasteiger partial charge in [-0.2, -0.15) is 4.37 Å². The maximum absolute atomic E-state index is 10.8. The predicted octanol–water partition coefficient (Wildman–Crippen LogP) is 1.89. The molecule has 0 aliphatic carbocycles. The summed E-state index contributed by atoms with van der Waals surface area (Å²) in [6.07, 6.45) is 0.986. The third-order valence-electron chi connectivity index (χ3n) is 3.60. The van der Waals surface area contributed by atoms with Crippen LogP contribution in [0.25, 0.3) is 10.9 Å². The maximum atomic E-state index is 10.8. The molecule has 1 aliphatic rings. The van der Waals surface area contributed by atoms with Crippen molar-refractivity contribution in [3.8, 4) is 0 Å². The zero-order valence-corrected chi connectivity index (χ0v) is 12.0. The van der Waals surface area contributed by atoms with Gasteiger partial charge < -0.3 is 10.0 Å². The Kier molecular flexibility index (Phi) is 3.84. The predicted molar refractivity (Wildman–Crippen MR) is 80.5 cm³/mol. The quantitative estimate of drug-likeness (QED) is 0.936. The van der Waals surface area contributed by atoms with E-state index in [1.165, 1.54) is 21.9 Å². The van der Waals surface area contributed by atoms with Crippen molar-refractivity contribution in [3.63, 3.8) is 0 Å². The van der Waals surface area contributed by atoms with E-state index in [1.807, 2.05) is 23.1 Å². The summed E-state index contributed by atoms with van der Waals surface area (Å²) < 4.78 is 4.48. The second kappa shape index (κ2) is 5.76. The van der Waals surface area contributed by atoms with Gasteiger partial charge in [-0.25, -0.2) is 0 Å². The van der Waals surface area contributed by atoms with Gasteiger partial charge in [-0.15, -0.1) is 0 Å². The zero-order valence-electron chi connectivity index (χ0n) is 11.2. The summed E-state index contributed by atoms with van der Waals surface area (Å²) in [5, 5.41) is 11.3. The van der Waals surface area contributed by atoms with Crippen LogP contribution in [0.15, 0.2) is 24.3 Å². The standard InChI is InChI=1S/C14H17N3O2S/c18-13(19)10-16-6-3-7-17(9-8-16)14-11-4-1-2-5-12(11)15-20-14/h1-2,4-5H,3,6-10H2,(H,18,19). The number of carbonyl (C=O) groups is 1. The number of hydrogen-bond acceptors (Lipinski definition) is 5. The van der Waals surface area contributed by atoms with Gasteiger partial charge in [0.05, 0.1) is 12.1 Å². The van der Waals surface area contributed by atoms with E-state index in [2.05, 4.69) is 15.3 Å². The molecule has 0 bridgehead atoms. The number of rotatable bonds is 3. The van der Waals surface area contributed by atoms with Gasteiger partial charge in [0.25, 0.3) is 0 Å². The number of aromatic nitrogens is 1. The minimum atomic E-state index is -0.748. The Labute approximate surface area is 121 Å². The third kappa shape index (κ3) is 2.76. The Morgan fingerprint density at radius 1 is 1.25 bits per heavy atom. The number of anilines is 1. The molecule has 0 saturated carbocycles. The van der Waals surface area contributed by atoms with Crippen molar-refractivity contribution in [1.82, 2.24) is 9.27 Å². The normalized spacial score (nSPS) is 17.3. The van der Waals surface area contributed by atoms with Gasteiger partial charge >= 0.3 is 5.97 Å². The monoisotopic (exact) mass is 291 g/mol. The lowest BCUT2D eigenvalue weighted by Gasteiger charge is -2.21. The van der Waals surface area contributed by atoms with Crippen LogP contribution in [0.4, 0.5) is 5.00 Å². The number of carboxylic acid groups (broad SMARTS) is 1. The van der Waals surface area contributed by atoms with Crippen molar-refractivity contribution >= 4 is 33.4 Å². The smallest absolute Gasteiger partial charge is 0.317 e. The summed E-state index contributed by atoms with van der Waals surface area (Å²) in [6.45, 7) is 3.59. The van der Waals surface area contributed by atoms with Crippen LogP contribution in [0.2, 0.25) is 0 Å². The lowest BCUT2D eigenvalue weighted by molar-refractivity contribution is -0.138. The first kappa shape index (κ1) is 13.3. The summed E-state index contributed by atoms with van der Waals surface area (Å²) in [5.41, 5.74) is 1.04. The molecule has 0 spiro atoms. The van der Waals surface area contributed by atoms with E-state index in [1.54, 1.807) is 0 Å². The van der Waals surface area contributed by atoms with E-state index in [0.717, 1.165) is 38.1 Å². The number of carboxylic acids is 1. The highest BCUT2D eigenvalue weighted by Crippen LogP contribution is 2.31. The van der Waals surface area contributed by atoms with Crippen LogP contribution in [0.3, 0.4) is 0 Å². The minimum absolute atomic E-state index is 0.136. The lowest BCUT2D eigenvalue weighted by Crippen LogP contribution is -2.34. The summed E-state index contributed by atoms with van der Waals surface area (Å²) in [7, 11) is 0. The van der Waals surface area contributed by atoms with E-state index in [9.17, 15) is 4.79 Å². The van der Waals surface area contributed by atoms with Gasteiger partial charge in [0.2, 0.25) is 0 Å². The topological polar surface area (TPSA) is 56.7 Å². The zero-order chi connectivity index (χ0) is 13.9. The molecule has 1 aliphatic heterocycles. The molecule has 106 valence electrons. The van der Waals surface area contributed by atoms with Gasteiger partial charge in [0.1, 0.15) is 5.00 Å². The third-order valence-corrected chi connectivity index (χ3v) is 4.54. The molecule has 0 radical (unpaired) electrons. The summed E-state index contributed by atoms with van der Waals surface area (Å²) in [4.78, 5) is 15.1. The highest BCUT2D eigenvalue weighted by molar-refractivity contribution is 7.11. The molecule has 3 rings (SSSR count). The van der Waals surface area contributed by atoms with Gasteiger partial charge in [-0.05, 0) is 30.1 Å².